The lowest BCUT2D eigenvalue weighted by Crippen LogP contribution is -1.95. The highest BCUT2D eigenvalue weighted by Crippen LogP contribution is 2.27. The Hall–Kier alpha value is -3.06. The van der Waals surface area contributed by atoms with Gasteiger partial charge in [0.25, 0.3) is 0 Å². The van der Waals surface area contributed by atoms with Crippen LogP contribution < -0.4 is 5.73 Å². The Labute approximate surface area is 116 Å². The molecule has 0 fully saturated rings. The van der Waals surface area contributed by atoms with Crippen molar-refractivity contribution < 1.29 is 0 Å². The predicted molar refractivity (Wildman–Crippen MR) is 78.1 cm³/mol. The van der Waals surface area contributed by atoms with E-state index < -0.39 is 0 Å². The molecule has 20 heavy (non-hydrogen) atoms. The van der Waals surface area contributed by atoms with E-state index in [1.807, 2.05) is 48.7 Å². The van der Waals surface area contributed by atoms with Crippen LogP contribution in [0.1, 0.15) is 5.56 Å². The highest BCUT2D eigenvalue weighted by atomic mass is 15.3. The van der Waals surface area contributed by atoms with E-state index in [-0.39, 0.29) is 0 Å². The molecule has 3 rings (SSSR count). The van der Waals surface area contributed by atoms with Crippen LogP contribution in [0.15, 0.2) is 60.9 Å². The zero-order valence-corrected chi connectivity index (χ0v) is 10.7. The zero-order valence-electron chi connectivity index (χ0n) is 10.7. The van der Waals surface area contributed by atoms with E-state index in [0.717, 1.165) is 16.8 Å². The highest BCUT2D eigenvalue weighted by molar-refractivity contribution is 5.77. The maximum atomic E-state index is 9.22. The summed E-state index contributed by atoms with van der Waals surface area (Å²) in [6.07, 6.45) is 3.62. The van der Waals surface area contributed by atoms with Gasteiger partial charge in [-0.25, -0.2) is 4.68 Å². The molecule has 0 spiro atoms. The number of nitrogens with zero attached hydrogens (tertiary/aromatic N) is 3. The minimum absolute atomic E-state index is 0.501. The summed E-state index contributed by atoms with van der Waals surface area (Å²) in [6.45, 7) is 0. The van der Waals surface area contributed by atoms with Crippen LogP contribution in [0.25, 0.3) is 16.8 Å². The number of nitriles is 1. The fraction of sp³-hybridized carbons (Fsp3) is 0. The van der Waals surface area contributed by atoms with Gasteiger partial charge in [-0.3, -0.25) is 0 Å². The van der Waals surface area contributed by atoms with Gasteiger partial charge in [0, 0.05) is 18.0 Å². The van der Waals surface area contributed by atoms with E-state index in [1.54, 1.807) is 16.9 Å². The van der Waals surface area contributed by atoms with Gasteiger partial charge in [0.15, 0.2) is 0 Å². The molecule has 0 saturated carbocycles. The van der Waals surface area contributed by atoms with Crippen LogP contribution in [0, 0.1) is 11.3 Å². The first-order valence-electron chi connectivity index (χ1n) is 6.18. The van der Waals surface area contributed by atoms with Crippen molar-refractivity contribution in [1.29, 1.82) is 5.26 Å². The van der Waals surface area contributed by atoms with E-state index >= 15 is 0 Å². The van der Waals surface area contributed by atoms with Crippen LogP contribution in [0.5, 0.6) is 0 Å². The first kappa shape index (κ1) is 12.0. The average molecular weight is 260 g/mol. The van der Waals surface area contributed by atoms with Crippen molar-refractivity contribution >= 4 is 5.69 Å². The summed E-state index contributed by atoms with van der Waals surface area (Å²) >= 11 is 0. The highest BCUT2D eigenvalue weighted by Gasteiger charge is 2.07. The Balaban J connectivity index is 2.05. The number of nitrogen functional groups attached to an aromatic ring is 1. The van der Waals surface area contributed by atoms with Crippen molar-refractivity contribution in [3.63, 3.8) is 0 Å². The third-order valence-electron chi connectivity index (χ3n) is 3.16. The molecule has 1 heterocycles. The minimum Gasteiger partial charge on any atom is -0.398 e. The summed E-state index contributed by atoms with van der Waals surface area (Å²) in [6, 6.07) is 17.4. The molecule has 0 aliphatic heterocycles. The number of hydrogen-bond acceptors (Lipinski definition) is 3. The number of aromatic nitrogens is 2. The third kappa shape index (κ3) is 2.02. The van der Waals surface area contributed by atoms with Gasteiger partial charge in [0.2, 0.25) is 0 Å². The second-order valence-electron chi connectivity index (χ2n) is 4.38. The van der Waals surface area contributed by atoms with Crippen molar-refractivity contribution in [3.8, 4) is 22.9 Å². The SMILES string of the molecule is N#Cc1c(N)cccc1-c1ccc(-n2cccn2)cc1. The Morgan fingerprint density at radius 2 is 1.85 bits per heavy atom. The summed E-state index contributed by atoms with van der Waals surface area (Å²) in [4.78, 5) is 0. The lowest BCUT2D eigenvalue weighted by molar-refractivity contribution is 0.881. The van der Waals surface area contributed by atoms with Crippen molar-refractivity contribution in [3.05, 3.63) is 66.5 Å². The van der Waals surface area contributed by atoms with E-state index in [1.165, 1.54) is 0 Å². The Kier molecular flexibility index (Phi) is 2.94. The second-order valence-corrected chi connectivity index (χ2v) is 4.38. The minimum atomic E-state index is 0.501. The number of rotatable bonds is 2. The van der Waals surface area contributed by atoms with Crippen molar-refractivity contribution in [2.24, 2.45) is 0 Å². The molecule has 2 N–H and O–H groups in total. The van der Waals surface area contributed by atoms with Crippen molar-refractivity contribution in [2.45, 2.75) is 0 Å². The maximum absolute atomic E-state index is 9.22. The lowest BCUT2D eigenvalue weighted by Gasteiger charge is -2.08. The van der Waals surface area contributed by atoms with Crippen LogP contribution in [-0.2, 0) is 0 Å². The molecule has 0 amide bonds. The molecule has 0 unspecified atom stereocenters. The van der Waals surface area contributed by atoms with Gasteiger partial charge in [0.1, 0.15) is 6.07 Å². The standard InChI is InChI=1S/C16H12N4/c17-11-15-14(3-1-4-16(15)18)12-5-7-13(8-6-12)20-10-2-9-19-20/h1-10H,18H2. The van der Waals surface area contributed by atoms with E-state index in [9.17, 15) is 5.26 Å². The molecule has 0 bridgehead atoms. The van der Waals surface area contributed by atoms with Gasteiger partial charge in [-0.05, 0) is 29.8 Å². The first-order chi connectivity index (χ1) is 9.79. The van der Waals surface area contributed by atoms with Crippen LogP contribution in [0.4, 0.5) is 5.69 Å². The Morgan fingerprint density at radius 1 is 1.05 bits per heavy atom. The molecule has 0 saturated heterocycles. The summed E-state index contributed by atoms with van der Waals surface area (Å²) in [5, 5.41) is 13.4. The van der Waals surface area contributed by atoms with Crippen LogP contribution >= 0.6 is 0 Å². The van der Waals surface area contributed by atoms with Crippen molar-refractivity contribution in [1.82, 2.24) is 9.78 Å². The summed E-state index contributed by atoms with van der Waals surface area (Å²) < 4.78 is 1.79. The summed E-state index contributed by atoms with van der Waals surface area (Å²) in [5.41, 5.74) is 9.64. The molecule has 1 aromatic heterocycles. The Bertz CT molecular complexity index is 765. The topological polar surface area (TPSA) is 67.6 Å². The molecule has 0 radical (unpaired) electrons. The molecule has 0 aliphatic carbocycles. The third-order valence-corrected chi connectivity index (χ3v) is 3.16. The predicted octanol–water partition coefficient (Wildman–Crippen LogP) is 2.99. The van der Waals surface area contributed by atoms with E-state index in [0.29, 0.717) is 11.3 Å². The second kappa shape index (κ2) is 4.90. The zero-order chi connectivity index (χ0) is 13.9. The van der Waals surface area contributed by atoms with Gasteiger partial charge >= 0.3 is 0 Å². The lowest BCUT2D eigenvalue weighted by atomic mass is 9.99. The number of hydrogen-bond donors (Lipinski definition) is 1. The molecule has 3 aromatic rings. The number of nitrogens with two attached hydrogens (primary N) is 1. The molecule has 0 aliphatic rings. The molecule has 4 heteroatoms. The molecule has 4 nitrogen and oxygen atoms in total. The fourth-order valence-corrected chi connectivity index (χ4v) is 2.15. The van der Waals surface area contributed by atoms with Crippen LogP contribution in [0.2, 0.25) is 0 Å². The summed E-state index contributed by atoms with van der Waals surface area (Å²) in [5.74, 6) is 0. The normalized spacial score (nSPS) is 10.2. The van der Waals surface area contributed by atoms with Gasteiger partial charge < -0.3 is 5.73 Å². The van der Waals surface area contributed by atoms with Gasteiger partial charge in [-0.2, -0.15) is 10.4 Å². The molecule has 2 aromatic carbocycles. The van der Waals surface area contributed by atoms with E-state index in [4.69, 9.17) is 5.73 Å². The quantitative estimate of drug-likeness (QED) is 0.720. The molecular formula is C16H12N4. The van der Waals surface area contributed by atoms with Crippen LogP contribution in [0.3, 0.4) is 0 Å². The van der Waals surface area contributed by atoms with Gasteiger partial charge in [0.05, 0.1) is 16.9 Å². The monoisotopic (exact) mass is 260 g/mol. The largest absolute Gasteiger partial charge is 0.398 e. The molecular weight excluding hydrogens is 248 g/mol. The first-order valence-corrected chi connectivity index (χ1v) is 6.18. The van der Waals surface area contributed by atoms with E-state index in [2.05, 4.69) is 11.2 Å². The maximum Gasteiger partial charge on any atom is 0.102 e. The molecule has 0 atom stereocenters. The fourth-order valence-electron chi connectivity index (χ4n) is 2.15. The van der Waals surface area contributed by atoms with Crippen LogP contribution in [-0.4, -0.2) is 9.78 Å². The number of benzene rings is 2. The van der Waals surface area contributed by atoms with Gasteiger partial charge in [-0.1, -0.05) is 24.3 Å². The van der Waals surface area contributed by atoms with Crippen molar-refractivity contribution in [2.75, 3.05) is 5.73 Å². The summed E-state index contributed by atoms with van der Waals surface area (Å²) in [7, 11) is 0. The van der Waals surface area contributed by atoms with Gasteiger partial charge in [-0.15, -0.1) is 0 Å². The number of anilines is 1. The average Bonchev–Trinajstić information content (AvgIpc) is 3.01. The smallest absolute Gasteiger partial charge is 0.102 e. The Morgan fingerprint density at radius 3 is 2.50 bits per heavy atom. The molecule has 96 valence electrons.